The minimum atomic E-state index is 0.0453. The topological polar surface area (TPSA) is 84.4 Å². The molecule has 0 unspecified atom stereocenters. The van der Waals surface area contributed by atoms with Crippen molar-refractivity contribution in [1.82, 2.24) is 20.2 Å². The predicted molar refractivity (Wildman–Crippen MR) is 132 cm³/mol. The lowest BCUT2D eigenvalue weighted by Gasteiger charge is -2.13. The molecule has 1 aliphatic heterocycles. The summed E-state index contributed by atoms with van der Waals surface area (Å²) in [4.78, 5) is 37.9. The van der Waals surface area contributed by atoms with E-state index in [4.69, 9.17) is 4.74 Å². The summed E-state index contributed by atoms with van der Waals surface area (Å²) in [6.07, 6.45) is 2.98. The number of rotatable bonds is 10. The first kappa shape index (κ1) is 23.7. The Morgan fingerprint density at radius 3 is 2.79 bits per heavy atom. The summed E-state index contributed by atoms with van der Waals surface area (Å²) in [5, 5.41) is 4.62. The fourth-order valence-corrected chi connectivity index (χ4v) is 5.71. The van der Waals surface area contributed by atoms with E-state index in [1.165, 1.54) is 35.9 Å². The van der Waals surface area contributed by atoms with Crippen LogP contribution in [0.1, 0.15) is 39.6 Å². The number of thioether (sulfide) groups is 1. The quantitative estimate of drug-likeness (QED) is 0.264. The van der Waals surface area contributed by atoms with Crippen LogP contribution in [0.4, 0.5) is 0 Å². The molecule has 3 heterocycles. The molecule has 4 rings (SSSR count). The van der Waals surface area contributed by atoms with Gasteiger partial charge in [0.05, 0.1) is 29.8 Å². The normalized spacial score (nSPS) is 14.0. The van der Waals surface area contributed by atoms with E-state index in [0.717, 1.165) is 46.2 Å². The van der Waals surface area contributed by atoms with Gasteiger partial charge in [0, 0.05) is 23.2 Å². The van der Waals surface area contributed by atoms with Crippen LogP contribution in [0.2, 0.25) is 0 Å². The van der Waals surface area contributed by atoms with Crippen molar-refractivity contribution >= 4 is 45.7 Å². The first-order chi connectivity index (χ1) is 16.0. The molecule has 1 N–H and O–H groups in total. The van der Waals surface area contributed by atoms with Crippen LogP contribution < -0.4 is 10.1 Å². The molecule has 1 aromatic carbocycles. The summed E-state index contributed by atoms with van der Waals surface area (Å²) in [6.45, 7) is 5.32. The number of hydrogen-bond acceptors (Lipinski definition) is 8. The highest BCUT2D eigenvalue weighted by Crippen LogP contribution is 2.29. The van der Waals surface area contributed by atoms with Crippen molar-refractivity contribution in [3.63, 3.8) is 0 Å². The molecule has 1 aliphatic rings. The number of amides is 1. The maximum absolute atomic E-state index is 12.8. The SMILES string of the molecule is COc1ccc2nc(C)nc(SCC(=O)c3ccc(CNC(=O)CCN4CCCC4)s3)c2c1. The molecule has 9 heteroatoms. The van der Waals surface area contributed by atoms with Crippen molar-refractivity contribution < 1.29 is 14.3 Å². The number of aromatic nitrogens is 2. The number of carbonyl (C=O) groups is 2. The van der Waals surface area contributed by atoms with Crippen molar-refractivity contribution in [1.29, 1.82) is 0 Å². The molecule has 1 fully saturated rings. The van der Waals surface area contributed by atoms with Crippen LogP contribution in [0.5, 0.6) is 5.75 Å². The Morgan fingerprint density at radius 1 is 1.18 bits per heavy atom. The Kier molecular flexibility index (Phi) is 7.95. The van der Waals surface area contributed by atoms with E-state index in [-0.39, 0.29) is 17.4 Å². The third-order valence-corrected chi connectivity index (χ3v) is 7.69. The van der Waals surface area contributed by atoms with Crippen LogP contribution in [0.3, 0.4) is 0 Å². The van der Waals surface area contributed by atoms with Crippen molar-refractivity contribution in [2.75, 3.05) is 32.5 Å². The molecule has 174 valence electrons. The average molecular weight is 485 g/mol. The van der Waals surface area contributed by atoms with Crippen molar-refractivity contribution in [3.05, 3.63) is 45.9 Å². The van der Waals surface area contributed by atoms with Crippen molar-refractivity contribution in [3.8, 4) is 5.75 Å². The number of methoxy groups -OCH3 is 1. The van der Waals surface area contributed by atoms with Gasteiger partial charge >= 0.3 is 0 Å². The van der Waals surface area contributed by atoms with E-state index in [9.17, 15) is 9.59 Å². The Balaban J connectivity index is 1.31. The van der Waals surface area contributed by atoms with Crippen LogP contribution in [0.15, 0.2) is 35.4 Å². The van der Waals surface area contributed by atoms with E-state index in [0.29, 0.717) is 23.7 Å². The number of benzene rings is 1. The van der Waals surface area contributed by atoms with Crippen LogP contribution in [-0.2, 0) is 11.3 Å². The van der Waals surface area contributed by atoms with Gasteiger partial charge in [-0.3, -0.25) is 9.59 Å². The lowest BCUT2D eigenvalue weighted by atomic mass is 10.2. The average Bonchev–Trinajstić information content (AvgIpc) is 3.51. The number of Topliss-reactive ketones (excluding diaryl/α,β-unsaturated/α-hetero) is 1. The standard InChI is InChI=1S/C24H28N4O3S2/c1-16-26-20-7-5-17(31-2)13-19(20)24(27-16)32-15-21(29)22-8-6-18(33-22)14-25-23(30)9-12-28-10-3-4-11-28/h5-8,13H,3-4,9-12,14-15H2,1-2H3,(H,25,30). The number of thiophene rings is 1. The van der Waals surface area contributed by atoms with Gasteiger partial charge in [-0.25, -0.2) is 9.97 Å². The number of aryl methyl sites for hydroxylation is 1. The Hall–Kier alpha value is -2.49. The Labute approximate surface area is 201 Å². The molecule has 1 amide bonds. The van der Waals surface area contributed by atoms with Gasteiger partial charge in [0.15, 0.2) is 5.78 Å². The fraction of sp³-hybridized carbons (Fsp3) is 0.417. The molecular weight excluding hydrogens is 456 g/mol. The van der Waals surface area contributed by atoms with E-state index < -0.39 is 0 Å². The summed E-state index contributed by atoms with van der Waals surface area (Å²) in [5.41, 5.74) is 0.831. The van der Waals surface area contributed by atoms with E-state index in [1.54, 1.807) is 7.11 Å². The largest absolute Gasteiger partial charge is 0.497 e. The van der Waals surface area contributed by atoms with Crippen LogP contribution >= 0.6 is 23.1 Å². The number of hydrogen-bond donors (Lipinski definition) is 1. The zero-order chi connectivity index (χ0) is 23.2. The number of ketones is 1. The summed E-state index contributed by atoms with van der Waals surface area (Å²) in [7, 11) is 1.62. The summed E-state index contributed by atoms with van der Waals surface area (Å²) in [5.74, 6) is 1.78. The molecule has 2 aromatic heterocycles. The minimum absolute atomic E-state index is 0.0453. The van der Waals surface area contributed by atoms with Crippen LogP contribution in [0, 0.1) is 6.92 Å². The monoisotopic (exact) mass is 484 g/mol. The lowest BCUT2D eigenvalue weighted by Crippen LogP contribution is -2.28. The molecule has 33 heavy (non-hydrogen) atoms. The molecule has 0 radical (unpaired) electrons. The Bertz CT molecular complexity index is 1140. The van der Waals surface area contributed by atoms with E-state index in [2.05, 4.69) is 20.2 Å². The van der Waals surface area contributed by atoms with Gasteiger partial charge in [-0.05, 0) is 63.2 Å². The number of likely N-dealkylation sites (tertiary alicyclic amines) is 1. The second kappa shape index (κ2) is 11.1. The third kappa shape index (κ3) is 6.31. The number of carbonyl (C=O) groups excluding carboxylic acids is 2. The smallest absolute Gasteiger partial charge is 0.221 e. The fourth-order valence-electron chi connectivity index (χ4n) is 3.80. The van der Waals surface area contributed by atoms with Crippen molar-refractivity contribution in [2.45, 2.75) is 37.8 Å². The van der Waals surface area contributed by atoms with E-state index >= 15 is 0 Å². The summed E-state index contributed by atoms with van der Waals surface area (Å²) >= 11 is 2.84. The zero-order valence-electron chi connectivity index (χ0n) is 18.9. The first-order valence-corrected chi connectivity index (χ1v) is 12.9. The molecule has 3 aromatic rings. The van der Waals surface area contributed by atoms with Crippen molar-refractivity contribution in [2.24, 2.45) is 0 Å². The highest BCUT2D eigenvalue weighted by Gasteiger charge is 2.15. The molecule has 0 saturated carbocycles. The van der Waals surface area contributed by atoms with Gasteiger partial charge in [-0.2, -0.15) is 0 Å². The van der Waals surface area contributed by atoms with E-state index in [1.807, 2.05) is 37.3 Å². The van der Waals surface area contributed by atoms with Gasteiger partial charge in [0.1, 0.15) is 16.6 Å². The molecule has 0 bridgehead atoms. The molecule has 0 aliphatic carbocycles. The molecule has 0 atom stereocenters. The molecular formula is C24H28N4O3S2. The van der Waals surface area contributed by atoms with Gasteiger partial charge in [0.25, 0.3) is 0 Å². The number of nitrogens with zero attached hydrogens (tertiary/aromatic N) is 3. The lowest BCUT2D eigenvalue weighted by molar-refractivity contribution is -0.121. The number of fused-ring (bicyclic) bond motifs is 1. The number of nitrogens with one attached hydrogen (secondary N) is 1. The maximum Gasteiger partial charge on any atom is 0.221 e. The summed E-state index contributed by atoms with van der Waals surface area (Å²) < 4.78 is 5.32. The second-order valence-electron chi connectivity index (χ2n) is 8.01. The van der Waals surface area contributed by atoms with Gasteiger partial charge in [0.2, 0.25) is 5.91 Å². The first-order valence-electron chi connectivity index (χ1n) is 11.1. The highest BCUT2D eigenvalue weighted by atomic mass is 32.2. The minimum Gasteiger partial charge on any atom is -0.497 e. The number of ether oxygens (including phenoxy) is 1. The second-order valence-corrected chi connectivity index (χ2v) is 10.1. The van der Waals surface area contributed by atoms with Crippen LogP contribution in [0.25, 0.3) is 10.9 Å². The predicted octanol–water partition coefficient (Wildman–Crippen LogP) is 4.09. The maximum atomic E-state index is 12.8. The highest BCUT2D eigenvalue weighted by molar-refractivity contribution is 8.00. The van der Waals surface area contributed by atoms with Gasteiger partial charge < -0.3 is 15.0 Å². The molecule has 7 nitrogen and oxygen atoms in total. The Morgan fingerprint density at radius 2 is 2.00 bits per heavy atom. The third-order valence-electron chi connectivity index (χ3n) is 5.57. The molecule has 1 saturated heterocycles. The van der Waals surface area contributed by atoms with Gasteiger partial charge in [-0.15, -0.1) is 11.3 Å². The zero-order valence-corrected chi connectivity index (χ0v) is 20.6. The van der Waals surface area contributed by atoms with Gasteiger partial charge in [-0.1, -0.05) is 11.8 Å². The van der Waals surface area contributed by atoms with Crippen LogP contribution in [-0.4, -0.2) is 59.1 Å². The molecule has 0 spiro atoms. The summed E-state index contributed by atoms with van der Waals surface area (Å²) in [6, 6.07) is 9.42.